The van der Waals surface area contributed by atoms with Crippen molar-refractivity contribution in [3.8, 4) is 23.0 Å². The minimum atomic E-state index is -0.369. The Morgan fingerprint density at radius 1 is 0.909 bits per heavy atom. The Morgan fingerprint density at radius 2 is 1.64 bits per heavy atom. The van der Waals surface area contributed by atoms with Gasteiger partial charge in [0, 0.05) is 10.0 Å². The Labute approximate surface area is 201 Å². The van der Waals surface area contributed by atoms with Crippen molar-refractivity contribution in [2.75, 3.05) is 20.8 Å². The van der Waals surface area contributed by atoms with Crippen molar-refractivity contribution < 1.29 is 23.7 Å². The second kappa shape index (κ2) is 11.9. The summed E-state index contributed by atoms with van der Waals surface area (Å²) in [6.07, 6.45) is 1.54. The summed E-state index contributed by atoms with van der Waals surface area (Å²) in [7, 11) is 3.05. The summed E-state index contributed by atoms with van der Waals surface area (Å²) in [6.45, 7) is 2.82. The monoisotopic (exact) mass is 512 g/mol. The van der Waals surface area contributed by atoms with Gasteiger partial charge >= 0.3 is 0 Å². The summed E-state index contributed by atoms with van der Waals surface area (Å²) >= 11 is 3.43. The van der Waals surface area contributed by atoms with Crippen LogP contribution in [0.25, 0.3) is 0 Å². The Morgan fingerprint density at radius 3 is 2.33 bits per heavy atom. The number of ether oxygens (including phenoxy) is 4. The number of amides is 1. The van der Waals surface area contributed by atoms with Gasteiger partial charge in [0.15, 0.2) is 23.0 Å². The van der Waals surface area contributed by atoms with E-state index in [9.17, 15) is 4.79 Å². The molecule has 1 N–H and O–H groups in total. The van der Waals surface area contributed by atoms with Crippen LogP contribution in [0.1, 0.15) is 28.4 Å². The van der Waals surface area contributed by atoms with Gasteiger partial charge in [-0.15, -0.1) is 0 Å². The molecule has 0 heterocycles. The molecule has 8 heteroatoms. The molecule has 172 valence electrons. The number of carbonyl (C=O) groups excluding carboxylic acids is 1. The maximum absolute atomic E-state index is 12.4. The van der Waals surface area contributed by atoms with Crippen molar-refractivity contribution in [3.63, 3.8) is 0 Å². The summed E-state index contributed by atoms with van der Waals surface area (Å²) in [5.74, 6) is 1.88. The molecule has 1 amide bonds. The van der Waals surface area contributed by atoms with E-state index in [0.29, 0.717) is 41.8 Å². The molecule has 0 saturated carbocycles. The van der Waals surface area contributed by atoms with Gasteiger partial charge in [-0.25, -0.2) is 5.43 Å². The summed E-state index contributed by atoms with van der Waals surface area (Å²) < 4.78 is 23.1. The van der Waals surface area contributed by atoms with E-state index in [1.165, 1.54) is 14.2 Å². The van der Waals surface area contributed by atoms with Gasteiger partial charge in [-0.05, 0) is 66.6 Å². The molecule has 0 aliphatic rings. The molecule has 0 fully saturated rings. The molecule has 3 aromatic carbocycles. The van der Waals surface area contributed by atoms with Gasteiger partial charge in [0.2, 0.25) is 0 Å². The molecule has 0 radical (unpaired) electrons. The number of carbonyl (C=O) groups is 1. The lowest BCUT2D eigenvalue weighted by molar-refractivity contribution is 0.0954. The number of methoxy groups -OCH3 is 2. The lowest BCUT2D eigenvalue weighted by Gasteiger charge is -2.12. The first-order valence-electron chi connectivity index (χ1n) is 10.2. The molecule has 3 rings (SSSR count). The van der Waals surface area contributed by atoms with E-state index in [1.807, 2.05) is 49.4 Å². The third-order valence-electron chi connectivity index (χ3n) is 4.60. The van der Waals surface area contributed by atoms with E-state index in [1.54, 1.807) is 24.4 Å². The highest BCUT2D eigenvalue weighted by Gasteiger charge is 2.10. The number of rotatable bonds is 10. The SMILES string of the molecule is CCOc1cc(/C=N/NC(=O)c2ccc(OC)c(OC)c2)ccc1OCc1ccc(Br)cc1. The van der Waals surface area contributed by atoms with Crippen LogP contribution in [-0.2, 0) is 6.61 Å². The van der Waals surface area contributed by atoms with E-state index in [0.717, 1.165) is 15.6 Å². The fourth-order valence-electron chi connectivity index (χ4n) is 2.94. The second-order valence-electron chi connectivity index (χ2n) is 6.82. The number of nitrogens with one attached hydrogen (secondary N) is 1. The lowest BCUT2D eigenvalue weighted by Crippen LogP contribution is -2.17. The maximum atomic E-state index is 12.4. The third kappa shape index (κ3) is 6.73. The molecule has 0 bridgehead atoms. The molecule has 0 spiro atoms. The zero-order valence-electron chi connectivity index (χ0n) is 18.6. The van der Waals surface area contributed by atoms with E-state index in [2.05, 4.69) is 26.5 Å². The first kappa shape index (κ1) is 24.1. The highest BCUT2D eigenvalue weighted by molar-refractivity contribution is 9.10. The fourth-order valence-corrected chi connectivity index (χ4v) is 3.21. The Kier molecular flexibility index (Phi) is 8.71. The first-order valence-corrected chi connectivity index (χ1v) is 11.0. The van der Waals surface area contributed by atoms with Crippen LogP contribution in [0.5, 0.6) is 23.0 Å². The summed E-state index contributed by atoms with van der Waals surface area (Å²) in [4.78, 5) is 12.4. The van der Waals surface area contributed by atoms with Gasteiger partial charge in [0.25, 0.3) is 5.91 Å². The average molecular weight is 513 g/mol. The molecule has 33 heavy (non-hydrogen) atoms. The number of benzene rings is 3. The Balaban J connectivity index is 1.65. The average Bonchev–Trinajstić information content (AvgIpc) is 2.84. The quantitative estimate of drug-likeness (QED) is 0.298. The van der Waals surface area contributed by atoms with E-state index in [4.69, 9.17) is 18.9 Å². The maximum Gasteiger partial charge on any atom is 0.271 e. The highest BCUT2D eigenvalue weighted by Crippen LogP contribution is 2.29. The van der Waals surface area contributed by atoms with Crippen molar-refractivity contribution in [1.29, 1.82) is 0 Å². The molecule has 0 atom stereocenters. The third-order valence-corrected chi connectivity index (χ3v) is 5.13. The normalized spacial score (nSPS) is 10.7. The smallest absolute Gasteiger partial charge is 0.271 e. The highest BCUT2D eigenvalue weighted by atomic mass is 79.9. The molecule has 0 unspecified atom stereocenters. The Bertz CT molecular complexity index is 1120. The minimum absolute atomic E-state index is 0.369. The molecule has 0 aromatic heterocycles. The molecule has 0 saturated heterocycles. The first-order chi connectivity index (χ1) is 16.0. The molecule has 7 nitrogen and oxygen atoms in total. The van der Waals surface area contributed by atoms with Gasteiger partial charge in [-0.1, -0.05) is 28.1 Å². The van der Waals surface area contributed by atoms with E-state index < -0.39 is 0 Å². The van der Waals surface area contributed by atoms with Crippen molar-refractivity contribution in [3.05, 3.63) is 81.8 Å². The van der Waals surface area contributed by atoms with Gasteiger partial charge in [-0.2, -0.15) is 5.10 Å². The van der Waals surface area contributed by atoms with Gasteiger partial charge in [0.05, 0.1) is 27.0 Å². The Hall–Kier alpha value is -3.52. The number of halogens is 1. The zero-order chi connectivity index (χ0) is 23.6. The number of hydrazone groups is 1. The van der Waals surface area contributed by atoms with Crippen molar-refractivity contribution in [2.45, 2.75) is 13.5 Å². The largest absolute Gasteiger partial charge is 0.493 e. The summed E-state index contributed by atoms with van der Waals surface area (Å²) in [5.41, 5.74) is 4.71. The number of hydrogen-bond acceptors (Lipinski definition) is 6. The van der Waals surface area contributed by atoms with Crippen LogP contribution >= 0.6 is 15.9 Å². The van der Waals surface area contributed by atoms with Crippen LogP contribution in [0.15, 0.2) is 70.2 Å². The van der Waals surface area contributed by atoms with Crippen LogP contribution in [0, 0.1) is 0 Å². The van der Waals surface area contributed by atoms with Crippen LogP contribution in [-0.4, -0.2) is 32.9 Å². The minimum Gasteiger partial charge on any atom is -0.493 e. The fraction of sp³-hybridized carbons (Fsp3) is 0.200. The van der Waals surface area contributed by atoms with Gasteiger partial charge in [0.1, 0.15) is 6.61 Å². The summed E-state index contributed by atoms with van der Waals surface area (Å²) in [5, 5.41) is 4.05. The van der Waals surface area contributed by atoms with E-state index in [-0.39, 0.29) is 5.91 Å². The lowest BCUT2D eigenvalue weighted by atomic mass is 10.2. The molecular weight excluding hydrogens is 488 g/mol. The molecule has 0 aliphatic heterocycles. The second-order valence-corrected chi connectivity index (χ2v) is 7.74. The topological polar surface area (TPSA) is 78.4 Å². The standard InChI is InChI=1S/C25H25BrN2O5/c1-4-32-24-13-18(7-11-22(24)33-16-17-5-9-20(26)10-6-17)15-27-28-25(29)19-8-12-21(30-2)23(14-19)31-3/h5-15H,4,16H2,1-3H3,(H,28,29)/b27-15+. The predicted molar refractivity (Wildman–Crippen MR) is 131 cm³/mol. The van der Waals surface area contributed by atoms with Gasteiger partial charge in [-0.3, -0.25) is 4.79 Å². The van der Waals surface area contributed by atoms with Crippen LogP contribution in [0.3, 0.4) is 0 Å². The number of hydrogen-bond donors (Lipinski definition) is 1. The van der Waals surface area contributed by atoms with Crippen LogP contribution in [0.4, 0.5) is 0 Å². The molecule has 3 aromatic rings. The van der Waals surface area contributed by atoms with Gasteiger partial charge < -0.3 is 18.9 Å². The van der Waals surface area contributed by atoms with Crippen molar-refractivity contribution in [2.24, 2.45) is 5.10 Å². The molecular formula is C25H25BrN2O5. The van der Waals surface area contributed by atoms with E-state index >= 15 is 0 Å². The number of nitrogens with zero attached hydrogens (tertiary/aromatic N) is 1. The van der Waals surface area contributed by atoms with Crippen molar-refractivity contribution >= 4 is 28.1 Å². The van der Waals surface area contributed by atoms with Crippen LogP contribution < -0.4 is 24.4 Å². The van der Waals surface area contributed by atoms with Crippen molar-refractivity contribution in [1.82, 2.24) is 5.43 Å². The molecule has 0 aliphatic carbocycles. The summed E-state index contributed by atoms with van der Waals surface area (Å²) in [6, 6.07) is 18.3. The predicted octanol–water partition coefficient (Wildman–Crippen LogP) is 5.21. The zero-order valence-corrected chi connectivity index (χ0v) is 20.2. The van der Waals surface area contributed by atoms with Crippen LogP contribution in [0.2, 0.25) is 0 Å².